The summed E-state index contributed by atoms with van der Waals surface area (Å²) in [5, 5.41) is 0.639. The van der Waals surface area contributed by atoms with Crippen LogP contribution in [-0.2, 0) is 0 Å². The highest BCUT2D eigenvalue weighted by atomic mass is 35.5. The molecule has 0 saturated carbocycles. The minimum Gasteiger partial charge on any atom is -0.399 e. The third kappa shape index (κ3) is 4.06. The van der Waals surface area contributed by atoms with Gasteiger partial charge in [0.25, 0.3) is 0 Å². The average Bonchev–Trinajstić information content (AvgIpc) is 1.88. The van der Waals surface area contributed by atoms with Crippen molar-refractivity contribution in [2.75, 3.05) is 5.73 Å². The summed E-state index contributed by atoms with van der Waals surface area (Å²) >= 11 is 10.9. The largest absolute Gasteiger partial charge is 0.399 e. The van der Waals surface area contributed by atoms with Crippen molar-refractivity contribution in [3.63, 3.8) is 0 Å². The van der Waals surface area contributed by atoms with E-state index in [0.717, 1.165) is 0 Å². The summed E-state index contributed by atoms with van der Waals surface area (Å²) in [6, 6.07) is 3.07. The summed E-state index contributed by atoms with van der Waals surface area (Å²) in [5.41, 5.74) is 5.88. The van der Waals surface area contributed by atoms with Crippen molar-refractivity contribution < 1.29 is 0 Å². The topological polar surface area (TPSA) is 38.9 Å². The second-order valence-electron chi connectivity index (χ2n) is 1.55. The van der Waals surface area contributed by atoms with Crippen LogP contribution in [0.2, 0.25) is 10.3 Å². The predicted octanol–water partition coefficient (Wildman–Crippen LogP) is 3.00. The van der Waals surface area contributed by atoms with Crippen LogP contribution in [0, 0.1) is 0 Å². The number of aromatic nitrogens is 1. The summed E-state index contributed by atoms with van der Waals surface area (Å²) in [5.74, 6) is 0. The SMILES string of the molecule is CC.Nc1cc(Cl)nc(Cl)c1. The molecule has 0 aliphatic heterocycles. The zero-order valence-corrected chi connectivity index (χ0v) is 7.95. The fourth-order valence-corrected chi connectivity index (χ4v) is 0.961. The standard InChI is InChI=1S/C5H4Cl2N2.C2H6/c6-4-1-3(8)2-5(7)9-4;1-2/h1-2H,(H2,8,9);1-2H3. The first-order chi connectivity index (χ1) is 5.18. The van der Waals surface area contributed by atoms with Crippen LogP contribution in [0.3, 0.4) is 0 Å². The van der Waals surface area contributed by atoms with Crippen LogP contribution in [-0.4, -0.2) is 4.98 Å². The molecule has 62 valence electrons. The van der Waals surface area contributed by atoms with Gasteiger partial charge in [0.05, 0.1) is 0 Å². The first kappa shape index (κ1) is 10.5. The summed E-state index contributed by atoms with van der Waals surface area (Å²) in [6.45, 7) is 4.00. The van der Waals surface area contributed by atoms with Gasteiger partial charge in [0.15, 0.2) is 0 Å². The van der Waals surface area contributed by atoms with Gasteiger partial charge in [-0.3, -0.25) is 0 Å². The molecule has 0 amide bonds. The maximum absolute atomic E-state index is 5.47. The molecule has 0 aliphatic rings. The van der Waals surface area contributed by atoms with E-state index < -0.39 is 0 Å². The lowest BCUT2D eigenvalue weighted by atomic mass is 10.4. The molecule has 0 saturated heterocycles. The average molecular weight is 193 g/mol. The maximum Gasteiger partial charge on any atom is 0.132 e. The lowest BCUT2D eigenvalue weighted by Gasteiger charge is -1.92. The highest BCUT2D eigenvalue weighted by Crippen LogP contribution is 2.15. The van der Waals surface area contributed by atoms with Gasteiger partial charge < -0.3 is 5.73 Å². The van der Waals surface area contributed by atoms with Crippen molar-refractivity contribution in [1.82, 2.24) is 4.98 Å². The minimum atomic E-state index is 0.319. The third-order valence-corrected chi connectivity index (χ3v) is 1.17. The van der Waals surface area contributed by atoms with Crippen molar-refractivity contribution in [2.45, 2.75) is 13.8 Å². The molecule has 2 N–H and O–H groups in total. The van der Waals surface area contributed by atoms with Gasteiger partial charge in [-0.1, -0.05) is 37.0 Å². The molecule has 1 heterocycles. The van der Waals surface area contributed by atoms with E-state index in [1.807, 2.05) is 13.8 Å². The molecule has 0 aromatic carbocycles. The van der Waals surface area contributed by atoms with Crippen LogP contribution in [0.25, 0.3) is 0 Å². The zero-order chi connectivity index (χ0) is 8.85. The fraction of sp³-hybridized carbons (Fsp3) is 0.286. The van der Waals surface area contributed by atoms with Crippen LogP contribution >= 0.6 is 23.2 Å². The Balaban J connectivity index is 0.000000461. The van der Waals surface area contributed by atoms with Gasteiger partial charge in [0.1, 0.15) is 10.3 Å². The number of nitrogens with two attached hydrogens (primary N) is 1. The Kier molecular flexibility index (Phi) is 4.99. The summed E-state index contributed by atoms with van der Waals surface area (Å²) in [4.78, 5) is 3.69. The quantitative estimate of drug-likeness (QED) is 0.643. The van der Waals surface area contributed by atoms with E-state index in [1.165, 1.54) is 12.1 Å². The number of halogens is 2. The maximum atomic E-state index is 5.47. The molecular weight excluding hydrogens is 183 g/mol. The molecule has 11 heavy (non-hydrogen) atoms. The van der Waals surface area contributed by atoms with E-state index in [1.54, 1.807) is 0 Å². The second-order valence-corrected chi connectivity index (χ2v) is 2.32. The van der Waals surface area contributed by atoms with Gasteiger partial charge in [-0.05, 0) is 12.1 Å². The van der Waals surface area contributed by atoms with E-state index in [0.29, 0.717) is 16.0 Å². The molecule has 0 spiro atoms. The van der Waals surface area contributed by atoms with Gasteiger partial charge in [0.2, 0.25) is 0 Å². The van der Waals surface area contributed by atoms with Crippen molar-refractivity contribution in [2.24, 2.45) is 0 Å². The highest BCUT2D eigenvalue weighted by Gasteiger charge is 1.93. The first-order valence-corrected chi connectivity index (χ1v) is 4.02. The van der Waals surface area contributed by atoms with E-state index in [-0.39, 0.29) is 0 Å². The molecule has 1 rings (SSSR count). The van der Waals surface area contributed by atoms with Crippen molar-refractivity contribution in [3.05, 3.63) is 22.4 Å². The Bertz CT molecular complexity index is 175. The number of hydrogen-bond acceptors (Lipinski definition) is 2. The Morgan fingerprint density at radius 2 is 1.55 bits per heavy atom. The van der Waals surface area contributed by atoms with Crippen LogP contribution in [0.1, 0.15) is 13.8 Å². The van der Waals surface area contributed by atoms with Crippen molar-refractivity contribution >= 4 is 28.9 Å². The van der Waals surface area contributed by atoms with E-state index in [2.05, 4.69) is 4.98 Å². The van der Waals surface area contributed by atoms with Gasteiger partial charge >= 0.3 is 0 Å². The highest BCUT2D eigenvalue weighted by molar-refractivity contribution is 6.32. The van der Waals surface area contributed by atoms with Gasteiger partial charge in [-0.15, -0.1) is 0 Å². The first-order valence-electron chi connectivity index (χ1n) is 3.27. The fourth-order valence-electron chi connectivity index (χ4n) is 0.483. The Hall–Kier alpha value is -0.470. The van der Waals surface area contributed by atoms with Gasteiger partial charge in [-0.2, -0.15) is 0 Å². The predicted molar refractivity (Wildman–Crippen MR) is 50.0 cm³/mol. The summed E-state index contributed by atoms with van der Waals surface area (Å²) < 4.78 is 0. The van der Waals surface area contributed by atoms with Gasteiger partial charge in [-0.25, -0.2) is 4.98 Å². The second kappa shape index (κ2) is 5.22. The molecule has 4 heteroatoms. The lowest BCUT2D eigenvalue weighted by molar-refractivity contribution is 1.33. The molecule has 0 fully saturated rings. The van der Waals surface area contributed by atoms with Crippen LogP contribution in [0.4, 0.5) is 5.69 Å². The molecule has 0 radical (unpaired) electrons. The van der Waals surface area contributed by atoms with Crippen molar-refractivity contribution in [1.29, 1.82) is 0 Å². The Morgan fingerprint density at radius 1 is 1.18 bits per heavy atom. The molecule has 0 aliphatic carbocycles. The Morgan fingerprint density at radius 3 is 1.82 bits per heavy atom. The van der Waals surface area contributed by atoms with Crippen LogP contribution in [0.5, 0.6) is 0 Å². The lowest BCUT2D eigenvalue weighted by Crippen LogP contribution is -1.85. The minimum absolute atomic E-state index is 0.319. The van der Waals surface area contributed by atoms with Crippen LogP contribution in [0.15, 0.2) is 12.1 Å². The molecule has 1 aromatic heterocycles. The molecular formula is C7H10Cl2N2. The molecule has 2 nitrogen and oxygen atoms in total. The third-order valence-electron chi connectivity index (χ3n) is 0.785. The van der Waals surface area contributed by atoms with Gasteiger partial charge in [0, 0.05) is 5.69 Å². The van der Waals surface area contributed by atoms with E-state index in [4.69, 9.17) is 28.9 Å². The molecule has 0 unspecified atom stereocenters. The number of nitrogen functional groups attached to an aromatic ring is 1. The normalized spacial score (nSPS) is 8.36. The zero-order valence-electron chi connectivity index (χ0n) is 6.44. The summed E-state index contributed by atoms with van der Waals surface area (Å²) in [6.07, 6.45) is 0. The van der Waals surface area contributed by atoms with Crippen LogP contribution < -0.4 is 5.73 Å². The monoisotopic (exact) mass is 192 g/mol. The number of pyridine rings is 1. The van der Waals surface area contributed by atoms with E-state index in [9.17, 15) is 0 Å². The number of hydrogen-bond donors (Lipinski definition) is 1. The smallest absolute Gasteiger partial charge is 0.132 e. The Labute approximate surface area is 76.3 Å². The molecule has 1 aromatic rings. The number of anilines is 1. The number of rotatable bonds is 0. The van der Waals surface area contributed by atoms with Crippen molar-refractivity contribution in [3.8, 4) is 0 Å². The molecule has 0 atom stereocenters. The number of nitrogens with zero attached hydrogens (tertiary/aromatic N) is 1. The van der Waals surface area contributed by atoms with E-state index >= 15 is 0 Å². The molecule has 0 bridgehead atoms. The summed E-state index contributed by atoms with van der Waals surface area (Å²) in [7, 11) is 0.